The predicted octanol–water partition coefficient (Wildman–Crippen LogP) is 5.55. The fourth-order valence-electron chi connectivity index (χ4n) is 4.43. The van der Waals surface area contributed by atoms with Gasteiger partial charge in [-0.05, 0) is 48.2 Å². The lowest BCUT2D eigenvalue weighted by molar-refractivity contribution is -0.245. The Morgan fingerprint density at radius 3 is 2.45 bits per heavy atom. The average molecular weight is 564 g/mol. The fraction of sp³-hybridized carbons (Fsp3) is 0.387. The van der Waals surface area contributed by atoms with Crippen LogP contribution in [-0.2, 0) is 25.7 Å². The number of pyridine rings is 1. The molecule has 0 radical (unpaired) electrons. The van der Waals surface area contributed by atoms with Crippen LogP contribution < -0.4 is 10.6 Å². The highest BCUT2D eigenvalue weighted by Gasteiger charge is 2.32. The second-order valence-corrected chi connectivity index (χ2v) is 10.8. The molecule has 1 fully saturated rings. The first-order valence-corrected chi connectivity index (χ1v) is 14.7. The van der Waals surface area contributed by atoms with Crippen LogP contribution in [0.15, 0.2) is 78.0 Å². The van der Waals surface area contributed by atoms with Gasteiger partial charge < -0.3 is 25.2 Å². The molecular formula is C31H37N3O5S. The van der Waals surface area contributed by atoms with E-state index in [0.717, 1.165) is 52.4 Å². The summed E-state index contributed by atoms with van der Waals surface area (Å²) < 4.78 is 12.8. The minimum absolute atomic E-state index is 0.00235. The summed E-state index contributed by atoms with van der Waals surface area (Å²) in [4.78, 5) is 27.7. The van der Waals surface area contributed by atoms with E-state index in [4.69, 9.17) is 9.47 Å². The van der Waals surface area contributed by atoms with Crippen molar-refractivity contribution >= 4 is 29.3 Å². The number of thioether (sulfide) groups is 1. The third-order valence-corrected chi connectivity index (χ3v) is 7.67. The zero-order chi connectivity index (χ0) is 28.2. The van der Waals surface area contributed by atoms with E-state index in [1.165, 1.54) is 6.92 Å². The lowest BCUT2D eigenvalue weighted by Gasteiger charge is -2.36. The van der Waals surface area contributed by atoms with Crippen molar-refractivity contribution in [3.63, 3.8) is 0 Å². The maximum Gasteiger partial charge on any atom is 0.224 e. The molecule has 212 valence electrons. The van der Waals surface area contributed by atoms with Gasteiger partial charge in [-0.25, -0.2) is 4.98 Å². The molecule has 8 nitrogen and oxygen atoms in total. The predicted molar refractivity (Wildman–Crippen MR) is 156 cm³/mol. The van der Waals surface area contributed by atoms with Crippen LogP contribution >= 0.6 is 11.8 Å². The topological polar surface area (TPSA) is 110 Å². The summed E-state index contributed by atoms with van der Waals surface area (Å²) in [5.74, 6) is 0.674. The molecule has 3 atom stereocenters. The Balaban J connectivity index is 1.35. The summed E-state index contributed by atoms with van der Waals surface area (Å²) in [5, 5.41) is 16.1. The number of nitrogens with zero attached hydrogens (tertiary/aromatic N) is 1. The standard InChI is InChI=1S/C31H37N3O5S/c1-22(36)32-17-5-2-3-7-29(37)34-26-15-13-25(14-16-26)31-38-27(21-40-30-8-4-6-18-33-30)19-28(39-31)24-11-9-23(20-35)10-12-24/h4,6,8-16,18,27-28,31,35H,2-3,5,7,17,19-21H2,1H3,(H,32,36)(H,34,37)/t27-,28+,31+/m0/s1. The van der Waals surface area contributed by atoms with Crippen LogP contribution in [0.25, 0.3) is 0 Å². The van der Waals surface area contributed by atoms with Crippen molar-refractivity contribution in [1.82, 2.24) is 10.3 Å². The summed E-state index contributed by atoms with van der Waals surface area (Å²) in [6.07, 6.45) is 4.66. The van der Waals surface area contributed by atoms with Crippen molar-refractivity contribution in [2.24, 2.45) is 0 Å². The highest BCUT2D eigenvalue weighted by molar-refractivity contribution is 7.99. The molecule has 9 heteroatoms. The van der Waals surface area contributed by atoms with Gasteiger partial charge in [0, 0.05) is 49.5 Å². The molecule has 1 aromatic heterocycles. The van der Waals surface area contributed by atoms with Gasteiger partial charge >= 0.3 is 0 Å². The summed E-state index contributed by atoms with van der Waals surface area (Å²) in [5.41, 5.74) is 3.50. The maximum absolute atomic E-state index is 12.4. The Morgan fingerprint density at radius 2 is 1.75 bits per heavy atom. The van der Waals surface area contributed by atoms with Crippen LogP contribution in [0.5, 0.6) is 0 Å². The van der Waals surface area contributed by atoms with E-state index in [1.807, 2.05) is 66.7 Å². The third-order valence-electron chi connectivity index (χ3n) is 6.59. The number of carbonyl (C=O) groups is 2. The van der Waals surface area contributed by atoms with Crippen molar-refractivity contribution < 1.29 is 24.2 Å². The zero-order valence-electron chi connectivity index (χ0n) is 22.8. The van der Waals surface area contributed by atoms with E-state index < -0.39 is 6.29 Å². The molecule has 40 heavy (non-hydrogen) atoms. The first-order chi connectivity index (χ1) is 19.5. The number of rotatable bonds is 13. The molecule has 0 unspecified atom stereocenters. The number of unbranched alkanes of at least 4 members (excludes halogenated alkanes) is 2. The van der Waals surface area contributed by atoms with Crippen molar-refractivity contribution in [3.05, 3.63) is 89.6 Å². The molecule has 4 rings (SSSR count). The second-order valence-electron chi connectivity index (χ2n) is 9.79. The number of hydrogen-bond acceptors (Lipinski definition) is 7. The Morgan fingerprint density at radius 1 is 0.975 bits per heavy atom. The number of amides is 2. The lowest BCUT2D eigenvalue weighted by atomic mass is 10.0. The molecule has 0 aliphatic carbocycles. The quantitative estimate of drug-likeness (QED) is 0.185. The van der Waals surface area contributed by atoms with E-state index in [0.29, 0.717) is 19.4 Å². The number of anilines is 1. The van der Waals surface area contributed by atoms with E-state index >= 15 is 0 Å². The van der Waals surface area contributed by atoms with E-state index in [-0.39, 0.29) is 30.6 Å². The molecule has 1 aliphatic heterocycles. The molecule has 2 amide bonds. The van der Waals surface area contributed by atoms with Gasteiger partial charge in [0.05, 0.1) is 23.8 Å². The van der Waals surface area contributed by atoms with Crippen molar-refractivity contribution in [2.75, 3.05) is 17.6 Å². The molecule has 2 aromatic carbocycles. The first kappa shape index (κ1) is 29.7. The van der Waals surface area contributed by atoms with Gasteiger partial charge in [-0.3, -0.25) is 9.59 Å². The third kappa shape index (κ3) is 9.45. The second kappa shape index (κ2) is 15.5. The maximum atomic E-state index is 12.4. The molecule has 1 saturated heterocycles. The fourth-order valence-corrected chi connectivity index (χ4v) is 5.31. The minimum atomic E-state index is -0.557. The highest BCUT2D eigenvalue weighted by Crippen LogP contribution is 2.39. The van der Waals surface area contributed by atoms with E-state index in [1.54, 1.807) is 18.0 Å². The number of aliphatic hydroxyl groups is 1. The lowest BCUT2D eigenvalue weighted by Crippen LogP contribution is -2.31. The molecule has 0 bridgehead atoms. The van der Waals surface area contributed by atoms with Gasteiger partial charge in [-0.2, -0.15) is 0 Å². The van der Waals surface area contributed by atoms with Crippen molar-refractivity contribution in [1.29, 1.82) is 0 Å². The number of nitrogens with one attached hydrogen (secondary N) is 2. The van der Waals surface area contributed by atoms with Gasteiger partial charge in [0.2, 0.25) is 11.8 Å². The van der Waals surface area contributed by atoms with Gasteiger partial charge in [0.25, 0.3) is 0 Å². The summed E-state index contributed by atoms with van der Waals surface area (Å²) in [6, 6.07) is 21.3. The summed E-state index contributed by atoms with van der Waals surface area (Å²) in [7, 11) is 0. The molecule has 1 aliphatic rings. The van der Waals surface area contributed by atoms with Gasteiger partial charge in [0.15, 0.2) is 6.29 Å². The molecule has 0 saturated carbocycles. The minimum Gasteiger partial charge on any atom is -0.392 e. The Labute approximate surface area is 239 Å². The molecular weight excluding hydrogens is 526 g/mol. The average Bonchev–Trinajstić information content (AvgIpc) is 2.98. The highest BCUT2D eigenvalue weighted by atomic mass is 32.2. The van der Waals surface area contributed by atoms with E-state index in [2.05, 4.69) is 15.6 Å². The number of hydrogen-bond donors (Lipinski definition) is 3. The SMILES string of the molecule is CC(=O)NCCCCCC(=O)Nc1ccc([C@@H]2O[C@H](CSc3ccccn3)C[C@H](c3ccc(CO)cc3)O2)cc1. The number of carbonyl (C=O) groups excluding carboxylic acids is 2. The molecule has 0 spiro atoms. The van der Waals surface area contributed by atoms with Crippen LogP contribution in [0.2, 0.25) is 0 Å². The number of aliphatic hydroxyl groups excluding tert-OH is 1. The Bertz CT molecular complexity index is 1210. The van der Waals surface area contributed by atoms with Crippen molar-refractivity contribution in [2.45, 2.75) is 69.2 Å². The Kier molecular flexibility index (Phi) is 11.5. The van der Waals surface area contributed by atoms with Crippen LogP contribution in [0.4, 0.5) is 5.69 Å². The monoisotopic (exact) mass is 563 g/mol. The smallest absolute Gasteiger partial charge is 0.224 e. The number of ether oxygens (including phenoxy) is 2. The van der Waals surface area contributed by atoms with Crippen LogP contribution in [-0.4, -0.2) is 40.3 Å². The van der Waals surface area contributed by atoms with Crippen molar-refractivity contribution in [3.8, 4) is 0 Å². The normalized spacial score (nSPS) is 18.7. The summed E-state index contributed by atoms with van der Waals surface area (Å²) >= 11 is 1.66. The molecule has 3 aromatic rings. The van der Waals surface area contributed by atoms with E-state index in [9.17, 15) is 14.7 Å². The summed E-state index contributed by atoms with van der Waals surface area (Å²) in [6.45, 7) is 2.14. The largest absolute Gasteiger partial charge is 0.392 e. The zero-order valence-corrected chi connectivity index (χ0v) is 23.6. The molecule has 2 heterocycles. The number of aromatic nitrogens is 1. The van der Waals surface area contributed by atoms with Crippen LogP contribution in [0.3, 0.4) is 0 Å². The molecule has 3 N–H and O–H groups in total. The van der Waals surface area contributed by atoms with Gasteiger partial charge in [0.1, 0.15) is 0 Å². The van der Waals surface area contributed by atoms with Gasteiger partial charge in [-0.1, -0.05) is 48.9 Å². The van der Waals surface area contributed by atoms with Crippen LogP contribution in [0, 0.1) is 0 Å². The first-order valence-electron chi connectivity index (χ1n) is 13.7. The van der Waals surface area contributed by atoms with Crippen LogP contribution in [0.1, 0.15) is 68.1 Å². The Hall–Kier alpha value is -3.24. The number of benzene rings is 2. The van der Waals surface area contributed by atoms with Gasteiger partial charge in [-0.15, -0.1) is 11.8 Å².